The number of rotatable bonds is 6. The van der Waals surface area contributed by atoms with Crippen LogP contribution in [0.15, 0.2) is 45.6 Å². The van der Waals surface area contributed by atoms with Gasteiger partial charge in [0.25, 0.3) is 0 Å². The summed E-state index contributed by atoms with van der Waals surface area (Å²) in [5, 5.41) is 90.3. The highest BCUT2D eigenvalue weighted by molar-refractivity contribution is 5.86. The van der Waals surface area contributed by atoms with E-state index in [2.05, 4.69) is 0 Å². The summed E-state index contributed by atoms with van der Waals surface area (Å²) in [6.45, 7) is -0.836. The van der Waals surface area contributed by atoms with E-state index in [4.69, 9.17) is 23.4 Å². The molecule has 2 aliphatic heterocycles. The summed E-state index contributed by atoms with van der Waals surface area (Å²) in [5.41, 5.74) is -0.539. The number of phenols is 3. The topological polar surface area (TPSA) is 249 Å². The van der Waals surface area contributed by atoms with E-state index >= 15 is 0 Å². The lowest BCUT2D eigenvalue weighted by molar-refractivity contribution is -0.307. The van der Waals surface area contributed by atoms with Crippen LogP contribution in [0.5, 0.6) is 23.0 Å². The maximum Gasteiger partial charge on any atom is 0.229 e. The summed E-state index contributed by atoms with van der Waals surface area (Å²) in [5.74, 6) is -1.55. The van der Waals surface area contributed by atoms with Gasteiger partial charge in [-0.15, -0.1) is 0 Å². The summed E-state index contributed by atoms with van der Waals surface area (Å²) in [6.07, 6.45) is -14.1. The van der Waals surface area contributed by atoms with Gasteiger partial charge in [-0.2, -0.15) is 0 Å². The molecule has 222 valence electrons. The Kier molecular flexibility index (Phi) is 8.06. The zero-order valence-electron chi connectivity index (χ0n) is 21.0. The maximum absolute atomic E-state index is 12.7. The Morgan fingerprint density at radius 1 is 0.780 bits per heavy atom. The molecule has 9 N–H and O–H groups in total. The van der Waals surface area contributed by atoms with Gasteiger partial charge >= 0.3 is 0 Å². The summed E-state index contributed by atoms with van der Waals surface area (Å²) >= 11 is 0. The predicted octanol–water partition coefficient (Wildman–Crippen LogP) is -1.78. The SMILES string of the molecule is O=c1cc(-c2ccc(O)c(O)c2)oc2cc(O[C@@H]3O[C@H](COC4OCC(O)C(O)C4O)[C@@H](O)[C@H](O)[C@H]3O)cc(O)c12. The average molecular weight is 580 g/mol. The Balaban J connectivity index is 1.36. The smallest absolute Gasteiger partial charge is 0.229 e. The molecule has 0 spiro atoms. The van der Waals surface area contributed by atoms with Crippen LogP contribution in [0.2, 0.25) is 0 Å². The highest BCUT2D eigenvalue weighted by atomic mass is 16.7. The van der Waals surface area contributed by atoms with E-state index in [0.717, 1.165) is 12.1 Å². The van der Waals surface area contributed by atoms with Crippen LogP contribution in [-0.2, 0) is 14.2 Å². The molecule has 0 saturated carbocycles. The molecule has 2 aromatic carbocycles. The quantitative estimate of drug-likeness (QED) is 0.146. The Hall–Kier alpha value is -3.51. The first kappa shape index (κ1) is 29.0. The Labute approximate surface area is 230 Å². The maximum atomic E-state index is 12.7. The predicted molar refractivity (Wildman–Crippen MR) is 134 cm³/mol. The van der Waals surface area contributed by atoms with Gasteiger partial charge < -0.3 is 69.3 Å². The van der Waals surface area contributed by atoms with E-state index in [1.165, 1.54) is 24.3 Å². The largest absolute Gasteiger partial charge is 0.507 e. The molecule has 0 aliphatic carbocycles. The summed E-state index contributed by atoms with van der Waals surface area (Å²) in [4.78, 5) is 12.7. The third-order valence-electron chi connectivity index (χ3n) is 6.84. The van der Waals surface area contributed by atoms with Gasteiger partial charge in [-0.05, 0) is 18.2 Å². The van der Waals surface area contributed by atoms with Gasteiger partial charge in [-0.1, -0.05) is 0 Å². The van der Waals surface area contributed by atoms with Crippen molar-refractivity contribution in [2.24, 2.45) is 0 Å². The lowest BCUT2D eigenvalue weighted by Crippen LogP contribution is -2.61. The van der Waals surface area contributed by atoms with Gasteiger partial charge in [0, 0.05) is 23.8 Å². The molecule has 15 nitrogen and oxygen atoms in total. The molecule has 3 heterocycles. The van der Waals surface area contributed by atoms with E-state index in [1.807, 2.05) is 0 Å². The van der Waals surface area contributed by atoms with Gasteiger partial charge in [0.2, 0.25) is 6.29 Å². The van der Waals surface area contributed by atoms with Crippen molar-refractivity contribution in [1.82, 2.24) is 0 Å². The van der Waals surface area contributed by atoms with E-state index in [-0.39, 0.29) is 40.4 Å². The number of benzene rings is 2. The van der Waals surface area contributed by atoms with Crippen LogP contribution in [0.1, 0.15) is 0 Å². The molecule has 0 amide bonds. The third-order valence-corrected chi connectivity index (χ3v) is 6.84. The van der Waals surface area contributed by atoms with Crippen molar-refractivity contribution in [3.05, 3.63) is 46.6 Å². The van der Waals surface area contributed by atoms with Gasteiger partial charge in [0.15, 0.2) is 23.2 Å². The van der Waals surface area contributed by atoms with Crippen LogP contribution in [0, 0.1) is 0 Å². The Bertz CT molecular complexity index is 1460. The molecule has 2 aliphatic rings. The van der Waals surface area contributed by atoms with Crippen LogP contribution in [0.25, 0.3) is 22.3 Å². The van der Waals surface area contributed by atoms with Gasteiger partial charge in [-0.3, -0.25) is 4.79 Å². The molecule has 0 bridgehead atoms. The number of phenolic OH excluding ortho intramolecular Hbond substituents is 3. The van der Waals surface area contributed by atoms with Crippen LogP contribution < -0.4 is 10.2 Å². The highest BCUT2D eigenvalue weighted by Crippen LogP contribution is 2.35. The lowest BCUT2D eigenvalue weighted by Gasteiger charge is -2.41. The highest BCUT2D eigenvalue weighted by Gasteiger charge is 2.46. The zero-order chi connectivity index (χ0) is 29.6. The molecule has 3 aromatic rings. The molecule has 5 rings (SSSR count). The fourth-order valence-corrected chi connectivity index (χ4v) is 4.53. The van der Waals surface area contributed by atoms with E-state index in [1.54, 1.807) is 0 Å². The number of hydrogen-bond acceptors (Lipinski definition) is 15. The zero-order valence-corrected chi connectivity index (χ0v) is 21.0. The number of fused-ring (bicyclic) bond motifs is 1. The standard InChI is InChI=1S/C26H28O15/c27-11-2-1-9(3-12(11)28)16-6-14(30)19-13(29)4-10(5-17(19)40-16)39-26-24(36)22(34)21(33)18(41-26)8-38-25-23(35)20(32)15(31)7-37-25/h1-6,15,18,20-29,31-36H,7-8H2/t15?,18-,20?,21-,22+,23?,24-,25?,26-/m1/s1. The van der Waals surface area contributed by atoms with Crippen molar-refractivity contribution < 1.29 is 69.3 Å². The number of hydrogen-bond donors (Lipinski definition) is 9. The Morgan fingerprint density at radius 2 is 1.51 bits per heavy atom. The van der Waals surface area contributed by atoms with E-state index in [9.17, 15) is 50.8 Å². The molecule has 2 saturated heterocycles. The van der Waals surface area contributed by atoms with Gasteiger partial charge in [0.1, 0.15) is 71.0 Å². The van der Waals surface area contributed by atoms with E-state index in [0.29, 0.717) is 0 Å². The minimum atomic E-state index is -1.79. The van der Waals surface area contributed by atoms with Crippen molar-refractivity contribution in [3.63, 3.8) is 0 Å². The first-order valence-electron chi connectivity index (χ1n) is 12.4. The molecule has 41 heavy (non-hydrogen) atoms. The molecule has 15 heteroatoms. The van der Waals surface area contributed by atoms with Crippen LogP contribution in [0.3, 0.4) is 0 Å². The first-order valence-corrected chi connectivity index (χ1v) is 12.4. The van der Waals surface area contributed by atoms with Gasteiger partial charge in [0.05, 0.1) is 13.2 Å². The third kappa shape index (κ3) is 5.67. The first-order chi connectivity index (χ1) is 19.4. The summed E-state index contributed by atoms with van der Waals surface area (Å²) in [7, 11) is 0. The molecule has 9 atom stereocenters. The van der Waals surface area contributed by atoms with Crippen LogP contribution >= 0.6 is 0 Å². The van der Waals surface area contributed by atoms with Crippen molar-refractivity contribution in [2.75, 3.05) is 13.2 Å². The second-order valence-corrected chi connectivity index (χ2v) is 9.71. The monoisotopic (exact) mass is 580 g/mol. The second kappa shape index (κ2) is 11.4. The molecule has 0 radical (unpaired) electrons. The molecule has 4 unspecified atom stereocenters. The van der Waals surface area contributed by atoms with Crippen molar-refractivity contribution in [3.8, 4) is 34.3 Å². The molecular weight excluding hydrogens is 552 g/mol. The normalized spacial score (nSPS) is 32.2. The van der Waals surface area contributed by atoms with Crippen molar-refractivity contribution in [1.29, 1.82) is 0 Å². The minimum Gasteiger partial charge on any atom is -0.507 e. The van der Waals surface area contributed by atoms with Crippen molar-refractivity contribution in [2.45, 2.75) is 55.3 Å². The number of aromatic hydroxyl groups is 3. The molecule has 2 fully saturated rings. The average Bonchev–Trinajstić information content (AvgIpc) is 2.93. The minimum absolute atomic E-state index is 0.0104. The fraction of sp³-hybridized carbons (Fsp3) is 0.423. The summed E-state index contributed by atoms with van der Waals surface area (Å²) < 4.78 is 27.4. The van der Waals surface area contributed by atoms with Gasteiger partial charge in [-0.25, -0.2) is 0 Å². The lowest BCUT2D eigenvalue weighted by atomic mass is 9.99. The number of aliphatic hydroxyl groups excluding tert-OH is 6. The van der Waals surface area contributed by atoms with E-state index < -0.39 is 78.8 Å². The molecule has 1 aromatic heterocycles. The molecular formula is C26H28O15. The Morgan fingerprint density at radius 3 is 2.24 bits per heavy atom. The summed E-state index contributed by atoms with van der Waals surface area (Å²) in [6, 6.07) is 7.08. The van der Waals surface area contributed by atoms with Crippen LogP contribution in [0.4, 0.5) is 0 Å². The fourth-order valence-electron chi connectivity index (χ4n) is 4.53. The second-order valence-electron chi connectivity index (χ2n) is 9.71. The van der Waals surface area contributed by atoms with Crippen LogP contribution in [-0.4, -0.2) is 114 Å². The number of aliphatic hydroxyl groups is 6. The number of ether oxygens (including phenoxy) is 4. The van der Waals surface area contributed by atoms with Crippen molar-refractivity contribution >= 4 is 11.0 Å².